The molecule has 0 unspecified atom stereocenters. The van der Waals surface area contributed by atoms with E-state index < -0.39 is 36.0 Å². The fraction of sp³-hybridized carbons (Fsp3) is 0.217. The first kappa shape index (κ1) is 21.1. The van der Waals surface area contributed by atoms with Crippen molar-refractivity contribution in [2.75, 3.05) is 0 Å². The number of imide groups is 1. The van der Waals surface area contributed by atoms with Crippen LogP contribution in [0.5, 0.6) is 0 Å². The number of para-hydroxylation sites is 1. The Morgan fingerprint density at radius 3 is 2.59 bits per heavy atom. The number of nitrogens with zero attached hydrogens (tertiary/aromatic N) is 1. The Morgan fingerprint density at radius 2 is 1.84 bits per heavy atom. The van der Waals surface area contributed by atoms with Crippen LogP contribution < -0.4 is 5.32 Å². The number of likely N-dealkylation sites (tertiary alicyclic amines) is 1. The molecule has 0 radical (unpaired) electrons. The minimum Gasteiger partial charge on any atom is -0.480 e. The van der Waals surface area contributed by atoms with Crippen LogP contribution in [0.25, 0.3) is 10.9 Å². The molecule has 1 aromatic heterocycles. The summed E-state index contributed by atoms with van der Waals surface area (Å²) in [5.74, 6) is -2.72. The molecule has 9 nitrogen and oxygen atoms in total. The quantitative estimate of drug-likeness (QED) is 0.488. The van der Waals surface area contributed by atoms with Crippen molar-refractivity contribution in [1.29, 1.82) is 0 Å². The second-order valence-corrected chi connectivity index (χ2v) is 7.48. The van der Waals surface area contributed by atoms with Crippen LogP contribution in [0.2, 0.25) is 0 Å². The van der Waals surface area contributed by atoms with Gasteiger partial charge in [-0.2, -0.15) is 0 Å². The van der Waals surface area contributed by atoms with Crippen LogP contribution in [-0.4, -0.2) is 51.0 Å². The lowest BCUT2D eigenvalue weighted by atomic mass is 10.0. The first-order chi connectivity index (χ1) is 15.4. The number of carbonyl (C=O) groups excluding carboxylic acids is 3. The Hall–Kier alpha value is -4.14. The normalized spacial score (nSPS) is 16.9. The summed E-state index contributed by atoms with van der Waals surface area (Å²) in [5.41, 5.74) is 2.27. The van der Waals surface area contributed by atoms with Crippen LogP contribution in [0.4, 0.5) is 4.79 Å². The molecule has 164 valence electrons. The summed E-state index contributed by atoms with van der Waals surface area (Å²) in [6.07, 6.45) is 0.437. The number of hydrogen-bond donors (Lipinski definition) is 3. The molecule has 1 saturated heterocycles. The highest BCUT2D eigenvalue weighted by atomic mass is 16.5. The van der Waals surface area contributed by atoms with Gasteiger partial charge in [0, 0.05) is 23.5 Å². The molecular formula is C23H21N3O6. The van der Waals surface area contributed by atoms with E-state index in [1.165, 1.54) is 0 Å². The number of aliphatic carboxylic acids is 1. The molecule has 0 bridgehead atoms. The Morgan fingerprint density at radius 1 is 1.12 bits per heavy atom. The van der Waals surface area contributed by atoms with E-state index in [0.717, 1.165) is 21.4 Å². The summed E-state index contributed by atoms with van der Waals surface area (Å²) >= 11 is 0. The van der Waals surface area contributed by atoms with Crippen molar-refractivity contribution in [3.63, 3.8) is 0 Å². The van der Waals surface area contributed by atoms with Gasteiger partial charge >= 0.3 is 12.1 Å². The lowest BCUT2D eigenvalue weighted by Gasteiger charge is -2.23. The maximum Gasteiger partial charge on any atom is 0.408 e. The van der Waals surface area contributed by atoms with E-state index in [-0.39, 0.29) is 19.4 Å². The molecule has 1 aliphatic rings. The Balaban J connectivity index is 1.44. The van der Waals surface area contributed by atoms with Gasteiger partial charge in [-0.25, -0.2) is 9.59 Å². The molecule has 3 N–H and O–H groups in total. The predicted octanol–water partition coefficient (Wildman–Crippen LogP) is 2.22. The van der Waals surface area contributed by atoms with Crippen molar-refractivity contribution in [2.24, 2.45) is 0 Å². The Labute approximate surface area is 183 Å². The van der Waals surface area contributed by atoms with Crippen LogP contribution >= 0.6 is 0 Å². The third kappa shape index (κ3) is 4.31. The molecule has 3 amide bonds. The van der Waals surface area contributed by atoms with Gasteiger partial charge < -0.3 is 20.1 Å². The standard InChI is InChI=1S/C23H21N3O6/c27-20-11-18(25-23(31)32-13-14-6-2-1-3-7-14)21(28)26(20)19(22(29)30)10-15-12-24-17-9-5-4-8-16(15)17/h1-9,12,18-19,24H,10-11,13H2,(H,25,31)(H,29,30)/t18-,19-/m0/s1. The molecule has 4 rings (SSSR count). The number of hydrogen-bond acceptors (Lipinski definition) is 5. The minimum atomic E-state index is -1.39. The number of ether oxygens (including phenoxy) is 1. The van der Waals surface area contributed by atoms with Gasteiger partial charge in [0.2, 0.25) is 5.91 Å². The van der Waals surface area contributed by atoms with Crippen molar-refractivity contribution >= 4 is 34.8 Å². The SMILES string of the molecule is O=C(N[C@H]1CC(=O)N([C@@H](Cc2c[nH]c3ccccc23)C(=O)O)C1=O)OCc1ccccc1. The number of aromatic amines is 1. The molecule has 9 heteroatoms. The zero-order valence-electron chi connectivity index (χ0n) is 17.0. The monoisotopic (exact) mass is 435 g/mol. The van der Waals surface area contributed by atoms with Gasteiger partial charge in [-0.05, 0) is 17.2 Å². The van der Waals surface area contributed by atoms with Crippen molar-refractivity contribution in [2.45, 2.75) is 31.5 Å². The Bertz CT molecular complexity index is 1170. The summed E-state index contributed by atoms with van der Waals surface area (Å²) in [5, 5.41) is 12.9. The van der Waals surface area contributed by atoms with Gasteiger partial charge in [-0.15, -0.1) is 0 Å². The number of fused-ring (bicyclic) bond motifs is 1. The highest BCUT2D eigenvalue weighted by molar-refractivity contribution is 6.09. The lowest BCUT2D eigenvalue weighted by Crippen LogP contribution is -2.49. The van der Waals surface area contributed by atoms with E-state index in [2.05, 4.69) is 10.3 Å². The van der Waals surface area contributed by atoms with E-state index in [4.69, 9.17) is 4.74 Å². The second-order valence-electron chi connectivity index (χ2n) is 7.48. The molecule has 0 aliphatic carbocycles. The molecule has 2 heterocycles. The van der Waals surface area contributed by atoms with Gasteiger partial charge in [0.05, 0.1) is 6.42 Å². The molecule has 1 aliphatic heterocycles. The zero-order valence-corrected chi connectivity index (χ0v) is 17.0. The van der Waals surface area contributed by atoms with E-state index >= 15 is 0 Å². The van der Waals surface area contributed by atoms with E-state index in [1.807, 2.05) is 30.3 Å². The summed E-state index contributed by atoms with van der Waals surface area (Å²) in [7, 11) is 0. The molecule has 1 fully saturated rings. The number of carboxylic acids is 1. The average Bonchev–Trinajstić information content (AvgIpc) is 3.31. The van der Waals surface area contributed by atoms with Crippen LogP contribution in [0.1, 0.15) is 17.5 Å². The molecule has 0 spiro atoms. The average molecular weight is 435 g/mol. The van der Waals surface area contributed by atoms with Gasteiger partial charge in [0.15, 0.2) is 0 Å². The highest BCUT2D eigenvalue weighted by Crippen LogP contribution is 2.24. The molecule has 3 aromatic rings. The minimum absolute atomic E-state index is 0.00353. The number of carboxylic acid groups (broad SMARTS) is 1. The number of benzene rings is 2. The van der Waals surface area contributed by atoms with Crippen LogP contribution in [0.3, 0.4) is 0 Å². The third-order valence-electron chi connectivity index (χ3n) is 5.37. The van der Waals surface area contributed by atoms with Gasteiger partial charge in [-0.1, -0.05) is 48.5 Å². The number of H-pyrrole nitrogens is 1. The fourth-order valence-electron chi connectivity index (χ4n) is 3.80. The summed E-state index contributed by atoms with van der Waals surface area (Å²) < 4.78 is 5.10. The Kier molecular flexibility index (Phi) is 5.89. The number of rotatable bonds is 7. The molecule has 32 heavy (non-hydrogen) atoms. The lowest BCUT2D eigenvalue weighted by molar-refractivity contribution is -0.154. The number of nitrogens with one attached hydrogen (secondary N) is 2. The largest absolute Gasteiger partial charge is 0.480 e. The van der Waals surface area contributed by atoms with Gasteiger partial charge in [-0.3, -0.25) is 14.5 Å². The van der Waals surface area contributed by atoms with E-state index in [9.17, 15) is 24.3 Å². The van der Waals surface area contributed by atoms with E-state index in [0.29, 0.717) is 5.56 Å². The maximum absolute atomic E-state index is 12.8. The number of amides is 3. The van der Waals surface area contributed by atoms with Crippen molar-refractivity contribution in [3.8, 4) is 0 Å². The second kappa shape index (κ2) is 8.93. The summed E-state index contributed by atoms with van der Waals surface area (Å²) in [4.78, 5) is 53.2. The number of alkyl carbamates (subject to hydrolysis) is 1. The van der Waals surface area contributed by atoms with Crippen LogP contribution in [-0.2, 0) is 32.1 Å². The fourth-order valence-corrected chi connectivity index (χ4v) is 3.80. The maximum atomic E-state index is 12.8. The van der Waals surface area contributed by atoms with Crippen LogP contribution in [0, 0.1) is 0 Å². The highest BCUT2D eigenvalue weighted by Gasteiger charge is 2.45. The summed E-state index contributed by atoms with van der Waals surface area (Å²) in [6, 6.07) is 13.8. The van der Waals surface area contributed by atoms with Gasteiger partial charge in [0.25, 0.3) is 5.91 Å². The van der Waals surface area contributed by atoms with Crippen LogP contribution in [0.15, 0.2) is 60.8 Å². The third-order valence-corrected chi connectivity index (χ3v) is 5.37. The molecule has 0 saturated carbocycles. The molecule has 2 aromatic carbocycles. The summed E-state index contributed by atoms with van der Waals surface area (Å²) in [6.45, 7) is 0.00353. The smallest absolute Gasteiger partial charge is 0.408 e. The zero-order chi connectivity index (χ0) is 22.7. The first-order valence-corrected chi connectivity index (χ1v) is 10.0. The van der Waals surface area contributed by atoms with Gasteiger partial charge in [0.1, 0.15) is 18.7 Å². The van der Waals surface area contributed by atoms with E-state index in [1.54, 1.807) is 30.5 Å². The molecular weight excluding hydrogens is 414 g/mol. The van der Waals surface area contributed by atoms with Crippen molar-refractivity contribution in [3.05, 3.63) is 71.9 Å². The topological polar surface area (TPSA) is 129 Å². The predicted molar refractivity (Wildman–Crippen MR) is 113 cm³/mol. The van der Waals surface area contributed by atoms with Crippen molar-refractivity contribution < 1.29 is 29.0 Å². The van der Waals surface area contributed by atoms with Crippen molar-refractivity contribution in [1.82, 2.24) is 15.2 Å². The number of carbonyl (C=O) groups is 4. The number of aromatic nitrogens is 1. The molecule has 2 atom stereocenters. The first-order valence-electron chi connectivity index (χ1n) is 10.0.